The highest BCUT2D eigenvalue weighted by atomic mass is 16.5. The number of urea groups is 1. The number of rotatable bonds is 8. The van der Waals surface area contributed by atoms with Crippen LogP contribution >= 0.6 is 0 Å². The van der Waals surface area contributed by atoms with Crippen molar-refractivity contribution in [3.8, 4) is 22.9 Å². The fourth-order valence-corrected chi connectivity index (χ4v) is 3.88. The maximum Gasteiger partial charge on any atom is 0.322 e. The molecular weight excluding hydrogens is 420 g/mol. The van der Waals surface area contributed by atoms with Gasteiger partial charge in [-0.05, 0) is 55.3 Å². The Bertz CT molecular complexity index is 1140. The maximum absolute atomic E-state index is 13.0. The van der Waals surface area contributed by atoms with Gasteiger partial charge in [0.25, 0.3) is 5.89 Å². The predicted molar refractivity (Wildman–Crippen MR) is 125 cm³/mol. The smallest absolute Gasteiger partial charge is 0.322 e. The second-order valence-electron chi connectivity index (χ2n) is 7.81. The van der Waals surface area contributed by atoms with Gasteiger partial charge in [0.2, 0.25) is 5.82 Å². The number of nitrogens with zero attached hydrogens (tertiary/aromatic N) is 3. The minimum Gasteiger partial charge on any atom is -0.497 e. The summed E-state index contributed by atoms with van der Waals surface area (Å²) in [6.45, 7) is 4.64. The van der Waals surface area contributed by atoms with E-state index in [4.69, 9.17) is 14.0 Å². The van der Waals surface area contributed by atoms with Gasteiger partial charge in [-0.25, -0.2) is 4.79 Å². The SMILES string of the molecule is CCCCN1C(=O)NC(c2ccc(OC)cc2)C(c2nc(-c3ccc(OC)cc3)no2)=C1C. The first kappa shape index (κ1) is 22.4. The Morgan fingerprint density at radius 2 is 1.67 bits per heavy atom. The molecule has 8 nitrogen and oxygen atoms in total. The van der Waals surface area contributed by atoms with E-state index in [1.54, 1.807) is 19.1 Å². The van der Waals surface area contributed by atoms with Crippen molar-refractivity contribution in [3.05, 3.63) is 65.7 Å². The Morgan fingerprint density at radius 3 is 2.27 bits per heavy atom. The predicted octanol–water partition coefficient (Wildman–Crippen LogP) is 5.05. The molecule has 0 bridgehead atoms. The summed E-state index contributed by atoms with van der Waals surface area (Å²) in [6, 6.07) is 14.5. The number of unbranched alkanes of at least 4 members (excludes halogenated alkanes) is 1. The molecule has 1 aliphatic heterocycles. The van der Waals surface area contributed by atoms with Crippen LogP contribution in [0, 0.1) is 0 Å². The number of nitrogens with one attached hydrogen (secondary N) is 1. The minimum atomic E-state index is -0.426. The fraction of sp³-hybridized carbons (Fsp3) is 0.320. The van der Waals surface area contributed by atoms with Gasteiger partial charge in [0, 0.05) is 17.8 Å². The van der Waals surface area contributed by atoms with Crippen molar-refractivity contribution < 1.29 is 18.8 Å². The minimum absolute atomic E-state index is 0.139. The Kier molecular flexibility index (Phi) is 6.63. The number of ether oxygens (including phenoxy) is 2. The van der Waals surface area contributed by atoms with E-state index in [2.05, 4.69) is 22.4 Å². The van der Waals surface area contributed by atoms with Crippen LogP contribution in [-0.2, 0) is 0 Å². The first-order valence-corrected chi connectivity index (χ1v) is 11.0. The molecule has 33 heavy (non-hydrogen) atoms. The molecule has 2 amide bonds. The number of amides is 2. The maximum atomic E-state index is 13.0. The van der Waals surface area contributed by atoms with Crippen LogP contribution in [0.1, 0.15) is 44.2 Å². The van der Waals surface area contributed by atoms with Crippen molar-refractivity contribution in [2.45, 2.75) is 32.7 Å². The molecule has 172 valence electrons. The van der Waals surface area contributed by atoms with E-state index >= 15 is 0 Å². The van der Waals surface area contributed by atoms with Crippen LogP contribution in [0.25, 0.3) is 17.0 Å². The molecule has 0 spiro atoms. The van der Waals surface area contributed by atoms with Gasteiger partial charge in [-0.3, -0.25) is 4.90 Å². The number of carbonyl (C=O) groups is 1. The van der Waals surface area contributed by atoms with Crippen LogP contribution in [0.2, 0.25) is 0 Å². The summed E-state index contributed by atoms with van der Waals surface area (Å²) in [7, 11) is 3.25. The van der Waals surface area contributed by atoms with Gasteiger partial charge in [-0.2, -0.15) is 4.98 Å². The van der Waals surface area contributed by atoms with E-state index in [0.717, 1.165) is 46.7 Å². The van der Waals surface area contributed by atoms with E-state index in [0.29, 0.717) is 18.3 Å². The number of benzene rings is 2. The molecule has 2 heterocycles. The lowest BCUT2D eigenvalue weighted by atomic mass is 9.94. The van der Waals surface area contributed by atoms with Crippen molar-refractivity contribution in [2.75, 3.05) is 20.8 Å². The van der Waals surface area contributed by atoms with Crippen molar-refractivity contribution in [3.63, 3.8) is 0 Å². The van der Waals surface area contributed by atoms with Gasteiger partial charge < -0.3 is 19.3 Å². The molecule has 1 aliphatic rings. The molecule has 0 aliphatic carbocycles. The van der Waals surface area contributed by atoms with Crippen molar-refractivity contribution in [1.82, 2.24) is 20.4 Å². The molecule has 1 atom stereocenters. The molecule has 0 saturated carbocycles. The lowest BCUT2D eigenvalue weighted by Crippen LogP contribution is -2.46. The van der Waals surface area contributed by atoms with Crippen LogP contribution < -0.4 is 14.8 Å². The number of hydrogen-bond donors (Lipinski definition) is 1. The first-order chi connectivity index (χ1) is 16.0. The van der Waals surface area contributed by atoms with Gasteiger partial charge in [0.05, 0.1) is 25.8 Å². The first-order valence-electron chi connectivity index (χ1n) is 11.0. The van der Waals surface area contributed by atoms with E-state index in [9.17, 15) is 4.79 Å². The van der Waals surface area contributed by atoms with Gasteiger partial charge in [0.15, 0.2) is 0 Å². The van der Waals surface area contributed by atoms with Crippen LogP contribution in [0.15, 0.2) is 58.8 Å². The Balaban J connectivity index is 1.76. The molecule has 2 aromatic carbocycles. The van der Waals surface area contributed by atoms with E-state index in [1.165, 1.54) is 0 Å². The molecule has 1 unspecified atom stereocenters. The highest BCUT2D eigenvalue weighted by molar-refractivity contribution is 5.86. The summed E-state index contributed by atoms with van der Waals surface area (Å²) in [5, 5.41) is 7.32. The summed E-state index contributed by atoms with van der Waals surface area (Å²) in [4.78, 5) is 19.4. The average molecular weight is 449 g/mol. The van der Waals surface area contributed by atoms with Gasteiger partial charge in [0.1, 0.15) is 11.5 Å². The summed E-state index contributed by atoms with van der Waals surface area (Å²) < 4.78 is 16.2. The second kappa shape index (κ2) is 9.77. The topological polar surface area (TPSA) is 89.7 Å². The number of carbonyl (C=O) groups excluding carboxylic acids is 1. The molecule has 0 saturated heterocycles. The van der Waals surface area contributed by atoms with Crippen LogP contribution in [-0.4, -0.2) is 41.8 Å². The number of hydrogen-bond acceptors (Lipinski definition) is 6. The summed E-state index contributed by atoms with van der Waals surface area (Å²) >= 11 is 0. The Hall–Kier alpha value is -3.81. The van der Waals surface area contributed by atoms with Crippen molar-refractivity contribution in [2.24, 2.45) is 0 Å². The fourth-order valence-electron chi connectivity index (χ4n) is 3.88. The zero-order valence-corrected chi connectivity index (χ0v) is 19.3. The monoisotopic (exact) mass is 448 g/mol. The Labute approximate surface area is 193 Å². The third-order valence-corrected chi connectivity index (χ3v) is 5.79. The van der Waals surface area contributed by atoms with Crippen molar-refractivity contribution >= 4 is 11.6 Å². The zero-order chi connectivity index (χ0) is 23.4. The normalized spacial score (nSPS) is 16.1. The van der Waals surface area contributed by atoms with Gasteiger partial charge in [-0.15, -0.1) is 0 Å². The third kappa shape index (κ3) is 4.55. The zero-order valence-electron chi connectivity index (χ0n) is 19.3. The molecule has 0 radical (unpaired) electrons. The number of aromatic nitrogens is 2. The largest absolute Gasteiger partial charge is 0.497 e. The van der Waals surface area contributed by atoms with E-state index in [1.807, 2.05) is 55.5 Å². The lowest BCUT2D eigenvalue weighted by molar-refractivity contribution is 0.204. The highest BCUT2D eigenvalue weighted by Gasteiger charge is 2.35. The molecular formula is C25H28N4O4. The summed E-state index contributed by atoms with van der Waals surface area (Å²) in [5.41, 5.74) is 3.30. The Morgan fingerprint density at radius 1 is 1.03 bits per heavy atom. The summed E-state index contributed by atoms with van der Waals surface area (Å²) in [5.74, 6) is 2.34. The van der Waals surface area contributed by atoms with Crippen LogP contribution in [0.4, 0.5) is 4.79 Å². The van der Waals surface area contributed by atoms with E-state index in [-0.39, 0.29) is 6.03 Å². The summed E-state index contributed by atoms with van der Waals surface area (Å²) in [6.07, 6.45) is 1.88. The molecule has 4 rings (SSSR count). The van der Waals surface area contributed by atoms with Crippen LogP contribution in [0.3, 0.4) is 0 Å². The number of methoxy groups -OCH3 is 2. The molecule has 8 heteroatoms. The second-order valence-corrected chi connectivity index (χ2v) is 7.81. The van der Waals surface area contributed by atoms with Crippen molar-refractivity contribution in [1.29, 1.82) is 0 Å². The molecule has 0 fully saturated rings. The molecule has 1 N–H and O–H groups in total. The third-order valence-electron chi connectivity index (χ3n) is 5.79. The molecule has 3 aromatic rings. The number of allylic oxidation sites excluding steroid dienone is 1. The highest BCUT2D eigenvalue weighted by Crippen LogP contribution is 2.38. The average Bonchev–Trinajstić information content (AvgIpc) is 3.33. The van der Waals surface area contributed by atoms with Crippen LogP contribution in [0.5, 0.6) is 11.5 Å². The quantitative estimate of drug-likeness (QED) is 0.519. The van der Waals surface area contributed by atoms with Gasteiger partial charge >= 0.3 is 6.03 Å². The standard InChI is InChI=1S/C25H28N4O4/c1-5-6-15-29-16(2)21(22(26-25(29)30)17-7-11-19(31-3)12-8-17)24-27-23(28-33-24)18-9-13-20(32-4)14-10-18/h7-14,22H,5-6,15H2,1-4H3,(H,26,30). The lowest BCUT2D eigenvalue weighted by Gasteiger charge is -2.35. The van der Waals surface area contributed by atoms with Gasteiger partial charge in [-0.1, -0.05) is 30.6 Å². The van der Waals surface area contributed by atoms with E-state index < -0.39 is 6.04 Å². The molecule has 1 aromatic heterocycles.